The molecule has 1 N–H and O–H groups in total. The molecule has 1 saturated heterocycles. The number of anilines is 2. The van der Waals surface area contributed by atoms with Crippen molar-refractivity contribution in [3.05, 3.63) is 23.8 Å². The molecule has 0 saturated carbocycles. The van der Waals surface area contributed by atoms with Crippen molar-refractivity contribution in [1.29, 1.82) is 0 Å². The van der Waals surface area contributed by atoms with Gasteiger partial charge in [0.15, 0.2) is 0 Å². The van der Waals surface area contributed by atoms with Gasteiger partial charge >= 0.3 is 5.97 Å². The van der Waals surface area contributed by atoms with Gasteiger partial charge in [-0.3, -0.25) is 0 Å². The Labute approximate surface area is 107 Å². The van der Waals surface area contributed by atoms with Gasteiger partial charge in [0.25, 0.3) is 0 Å². The summed E-state index contributed by atoms with van der Waals surface area (Å²) in [6, 6.07) is 5.72. The third-order valence-corrected chi connectivity index (χ3v) is 3.04. The highest BCUT2D eigenvalue weighted by Gasteiger charge is 2.19. The van der Waals surface area contributed by atoms with Crippen LogP contribution in [0.15, 0.2) is 18.2 Å². The standard InChI is InChI=1S/C13H18N2O3/c1-14-10-3-4-12(11(9-10)13(16)17-2)15-5-7-18-8-6-15/h3-4,9,14H,5-8H2,1-2H3. The Morgan fingerprint density at radius 1 is 1.39 bits per heavy atom. The van der Waals surface area contributed by atoms with E-state index in [4.69, 9.17) is 9.47 Å². The SMILES string of the molecule is CNc1ccc(N2CCOCC2)c(C(=O)OC)c1. The number of nitrogens with zero attached hydrogens (tertiary/aromatic N) is 1. The van der Waals surface area contributed by atoms with Gasteiger partial charge in [-0.1, -0.05) is 0 Å². The topological polar surface area (TPSA) is 50.8 Å². The summed E-state index contributed by atoms with van der Waals surface area (Å²) in [5.41, 5.74) is 2.39. The highest BCUT2D eigenvalue weighted by molar-refractivity contribution is 5.97. The lowest BCUT2D eigenvalue weighted by atomic mass is 10.1. The van der Waals surface area contributed by atoms with Crippen molar-refractivity contribution in [2.24, 2.45) is 0 Å². The van der Waals surface area contributed by atoms with Crippen LogP contribution in [0.25, 0.3) is 0 Å². The lowest BCUT2D eigenvalue weighted by Crippen LogP contribution is -2.37. The summed E-state index contributed by atoms with van der Waals surface area (Å²) in [6.45, 7) is 2.97. The summed E-state index contributed by atoms with van der Waals surface area (Å²) >= 11 is 0. The Balaban J connectivity index is 2.35. The zero-order valence-corrected chi connectivity index (χ0v) is 10.7. The minimum Gasteiger partial charge on any atom is -0.465 e. The number of carbonyl (C=O) groups is 1. The molecule has 1 fully saturated rings. The second kappa shape index (κ2) is 5.73. The van der Waals surface area contributed by atoms with Crippen LogP contribution in [0.5, 0.6) is 0 Å². The van der Waals surface area contributed by atoms with Gasteiger partial charge < -0.3 is 19.7 Å². The van der Waals surface area contributed by atoms with E-state index in [0.717, 1.165) is 24.5 Å². The Morgan fingerprint density at radius 2 is 2.11 bits per heavy atom. The van der Waals surface area contributed by atoms with Crippen LogP contribution in [0.3, 0.4) is 0 Å². The minimum absolute atomic E-state index is 0.311. The lowest BCUT2D eigenvalue weighted by Gasteiger charge is -2.30. The molecule has 1 aromatic rings. The van der Waals surface area contributed by atoms with Gasteiger partial charge in [0.1, 0.15) is 0 Å². The molecule has 0 spiro atoms. The second-order valence-corrected chi connectivity index (χ2v) is 4.07. The monoisotopic (exact) mass is 250 g/mol. The quantitative estimate of drug-likeness (QED) is 0.821. The van der Waals surface area contributed by atoms with Gasteiger partial charge in [0.2, 0.25) is 0 Å². The number of benzene rings is 1. The van der Waals surface area contributed by atoms with E-state index in [2.05, 4.69) is 10.2 Å². The van der Waals surface area contributed by atoms with Crippen LogP contribution < -0.4 is 10.2 Å². The van der Waals surface area contributed by atoms with E-state index < -0.39 is 0 Å². The Hall–Kier alpha value is -1.75. The summed E-state index contributed by atoms with van der Waals surface area (Å²) in [7, 11) is 3.22. The summed E-state index contributed by atoms with van der Waals surface area (Å²) in [4.78, 5) is 14.0. The first-order valence-electron chi connectivity index (χ1n) is 5.99. The summed E-state index contributed by atoms with van der Waals surface area (Å²) in [5.74, 6) is -0.311. The van der Waals surface area contributed by atoms with Crippen molar-refractivity contribution < 1.29 is 14.3 Å². The third kappa shape index (κ3) is 2.56. The summed E-state index contributed by atoms with van der Waals surface area (Å²) in [5, 5.41) is 3.03. The number of ether oxygens (including phenoxy) is 2. The smallest absolute Gasteiger partial charge is 0.340 e. The van der Waals surface area contributed by atoms with E-state index in [9.17, 15) is 4.79 Å². The fraction of sp³-hybridized carbons (Fsp3) is 0.462. The normalized spacial score (nSPS) is 15.3. The maximum absolute atomic E-state index is 11.8. The Morgan fingerprint density at radius 3 is 2.72 bits per heavy atom. The van der Waals surface area contributed by atoms with Gasteiger partial charge in [-0.2, -0.15) is 0 Å². The van der Waals surface area contributed by atoms with E-state index in [0.29, 0.717) is 18.8 Å². The van der Waals surface area contributed by atoms with E-state index in [1.165, 1.54) is 7.11 Å². The number of hydrogen-bond donors (Lipinski definition) is 1. The molecule has 2 rings (SSSR count). The van der Waals surface area contributed by atoms with Crippen molar-refractivity contribution >= 4 is 17.3 Å². The number of carbonyl (C=O) groups excluding carboxylic acids is 1. The molecule has 0 aliphatic carbocycles. The average Bonchev–Trinajstić information content (AvgIpc) is 2.46. The molecule has 0 radical (unpaired) electrons. The van der Waals surface area contributed by atoms with E-state index >= 15 is 0 Å². The molecule has 0 aromatic heterocycles. The molecule has 1 aliphatic heterocycles. The summed E-state index contributed by atoms with van der Waals surface area (Å²) in [6.07, 6.45) is 0. The van der Waals surface area contributed by atoms with Gasteiger partial charge in [-0.15, -0.1) is 0 Å². The van der Waals surface area contributed by atoms with Gasteiger partial charge in [-0.05, 0) is 18.2 Å². The Bertz CT molecular complexity index is 428. The number of hydrogen-bond acceptors (Lipinski definition) is 5. The van der Waals surface area contributed by atoms with E-state index in [-0.39, 0.29) is 5.97 Å². The first-order chi connectivity index (χ1) is 8.76. The number of nitrogens with one attached hydrogen (secondary N) is 1. The Kier molecular flexibility index (Phi) is 4.04. The zero-order valence-electron chi connectivity index (χ0n) is 10.7. The largest absolute Gasteiger partial charge is 0.465 e. The highest BCUT2D eigenvalue weighted by atomic mass is 16.5. The second-order valence-electron chi connectivity index (χ2n) is 4.07. The molecule has 1 aliphatic rings. The molecule has 1 heterocycles. The van der Waals surface area contributed by atoms with Crippen LogP contribution in [-0.2, 0) is 9.47 Å². The first kappa shape index (κ1) is 12.7. The fourth-order valence-corrected chi connectivity index (χ4v) is 2.05. The van der Waals surface area contributed by atoms with Crippen LogP contribution in [0, 0.1) is 0 Å². The van der Waals surface area contributed by atoms with E-state index in [1.54, 1.807) is 0 Å². The molecule has 5 nitrogen and oxygen atoms in total. The van der Waals surface area contributed by atoms with Crippen LogP contribution in [0.4, 0.5) is 11.4 Å². The van der Waals surface area contributed by atoms with Crippen molar-refractivity contribution in [3.63, 3.8) is 0 Å². The average molecular weight is 250 g/mol. The molecular weight excluding hydrogens is 232 g/mol. The van der Waals surface area contributed by atoms with Crippen molar-refractivity contribution in [3.8, 4) is 0 Å². The van der Waals surface area contributed by atoms with Crippen molar-refractivity contribution in [1.82, 2.24) is 0 Å². The van der Waals surface area contributed by atoms with Crippen molar-refractivity contribution in [2.45, 2.75) is 0 Å². The molecule has 1 aromatic carbocycles. The maximum Gasteiger partial charge on any atom is 0.340 e. The first-order valence-corrected chi connectivity index (χ1v) is 5.99. The van der Waals surface area contributed by atoms with Gasteiger partial charge in [0, 0.05) is 25.8 Å². The fourth-order valence-electron chi connectivity index (χ4n) is 2.05. The van der Waals surface area contributed by atoms with Crippen molar-refractivity contribution in [2.75, 3.05) is 50.7 Å². The zero-order chi connectivity index (χ0) is 13.0. The molecule has 18 heavy (non-hydrogen) atoms. The van der Waals surface area contributed by atoms with E-state index in [1.807, 2.05) is 25.2 Å². The lowest BCUT2D eigenvalue weighted by molar-refractivity contribution is 0.0600. The number of morpholine rings is 1. The predicted molar refractivity (Wildman–Crippen MR) is 70.4 cm³/mol. The minimum atomic E-state index is -0.311. The van der Waals surface area contributed by atoms with Gasteiger partial charge in [-0.25, -0.2) is 4.79 Å². The maximum atomic E-state index is 11.8. The molecule has 98 valence electrons. The molecule has 0 atom stereocenters. The van der Waals surface area contributed by atoms with Crippen LogP contribution in [-0.4, -0.2) is 46.4 Å². The molecule has 5 heteroatoms. The van der Waals surface area contributed by atoms with Crippen LogP contribution in [0.2, 0.25) is 0 Å². The number of rotatable bonds is 3. The molecule has 0 bridgehead atoms. The molecule has 0 unspecified atom stereocenters. The highest BCUT2D eigenvalue weighted by Crippen LogP contribution is 2.25. The number of esters is 1. The number of methoxy groups -OCH3 is 1. The predicted octanol–water partition coefficient (Wildman–Crippen LogP) is 1.35. The van der Waals surface area contributed by atoms with Crippen LogP contribution >= 0.6 is 0 Å². The molecular formula is C13H18N2O3. The summed E-state index contributed by atoms with van der Waals surface area (Å²) < 4.78 is 10.2. The third-order valence-electron chi connectivity index (χ3n) is 3.04. The van der Waals surface area contributed by atoms with Crippen LogP contribution in [0.1, 0.15) is 10.4 Å². The molecule has 0 amide bonds. The van der Waals surface area contributed by atoms with Gasteiger partial charge in [0.05, 0.1) is 31.6 Å².